The number of fused-ring (bicyclic) bond motifs is 1. The number of aromatic nitrogens is 1. The first kappa shape index (κ1) is 16.5. The van der Waals surface area contributed by atoms with Crippen molar-refractivity contribution in [3.8, 4) is 5.75 Å². The van der Waals surface area contributed by atoms with Crippen molar-refractivity contribution in [2.24, 2.45) is 0 Å². The van der Waals surface area contributed by atoms with Crippen LogP contribution in [0.3, 0.4) is 0 Å². The molecule has 3 aromatic rings. The van der Waals surface area contributed by atoms with Crippen molar-refractivity contribution in [1.29, 1.82) is 0 Å². The lowest BCUT2D eigenvalue weighted by atomic mass is 9.91. The summed E-state index contributed by atoms with van der Waals surface area (Å²) in [6.45, 7) is 3.78. The molecule has 0 saturated carbocycles. The van der Waals surface area contributed by atoms with Gasteiger partial charge in [-0.15, -0.1) is 0 Å². The molecule has 0 amide bonds. The zero-order chi connectivity index (χ0) is 17.1. The zero-order valence-corrected chi connectivity index (χ0v) is 14.8. The Labute approximate surface area is 151 Å². The van der Waals surface area contributed by atoms with Gasteiger partial charge in [-0.3, -0.25) is 4.90 Å². The molecular weight excluding hydrogens is 335 g/mol. The molecule has 5 heteroatoms. The number of nitrogens with zero attached hydrogens (tertiary/aromatic N) is 2. The standard InChI is InChI=1S/C20H21FN2OS/c21-16-6-7-18-19(14-16)25-22-20(18)15-8-10-23(11-9-15)12-13-24-17-4-2-1-3-5-17/h1-7,14-15H,8-13H2. The van der Waals surface area contributed by atoms with Crippen LogP contribution in [0.5, 0.6) is 5.75 Å². The maximum Gasteiger partial charge on any atom is 0.124 e. The lowest BCUT2D eigenvalue weighted by Gasteiger charge is -2.31. The zero-order valence-electron chi connectivity index (χ0n) is 14.0. The minimum atomic E-state index is -0.184. The predicted molar refractivity (Wildman–Crippen MR) is 99.9 cm³/mol. The second-order valence-corrected chi connectivity index (χ2v) is 7.29. The normalized spacial score (nSPS) is 16.4. The Kier molecular flexibility index (Phi) is 4.95. The number of likely N-dealkylation sites (tertiary alicyclic amines) is 1. The highest BCUT2D eigenvalue weighted by atomic mass is 32.1. The van der Waals surface area contributed by atoms with E-state index >= 15 is 0 Å². The Morgan fingerprint density at radius 3 is 2.72 bits per heavy atom. The highest BCUT2D eigenvalue weighted by Crippen LogP contribution is 2.34. The van der Waals surface area contributed by atoms with Crippen LogP contribution in [-0.2, 0) is 0 Å². The lowest BCUT2D eigenvalue weighted by molar-refractivity contribution is 0.173. The van der Waals surface area contributed by atoms with E-state index in [1.807, 2.05) is 36.4 Å². The van der Waals surface area contributed by atoms with Gasteiger partial charge in [0.15, 0.2) is 0 Å². The van der Waals surface area contributed by atoms with Gasteiger partial charge in [0.2, 0.25) is 0 Å². The Morgan fingerprint density at radius 1 is 1.12 bits per heavy atom. The van der Waals surface area contributed by atoms with Crippen LogP contribution < -0.4 is 4.74 Å². The molecule has 2 heterocycles. The van der Waals surface area contributed by atoms with E-state index in [0.29, 0.717) is 12.5 Å². The van der Waals surface area contributed by atoms with Gasteiger partial charge in [0.05, 0.1) is 10.4 Å². The largest absolute Gasteiger partial charge is 0.492 e. The summed E-state index contributed by atoms with van der Waals surface area (Å²) in [5.74, 6) is 1.22. The van der Waals surface area contributed by atoms with E-state index in [0.717, 1.165) is 54.0 Å². The Hall–Kier alpha value is -1.98. The van der Waals surface area contributed by atoms with Crippen molar-refractivity contribution in [2.45, 2.75) is 18.8 Å². The molecule has 1 aliphatic rings. The van der Waals surface area contributed by atoms with Gasteiger partial charge < -0.3 is 4.74 Å². The van der Waals surface area contributed by atoms with E-state index in [1.165, 1.54) is 17.6 Å². The summed E-state index contributed by atoms with van der Waals surface area (Å²) < 4.78 is 24.7. The summed E-state index contributed by atoms with van der Waals surface area (Å²) in [6, 6.07) is 15.0. The molecule has 0 bridgehead atoms. The number of hydrogen-bond donors (Lipinski definition) is 0. The summed E-state index contributed by atoms with van der Waals surface area (Å²) in [5.41, 5.74) is 1.15. The monoisotopic (exact) mass is 356 g/mol. The smallest absolute Gasteiger partial charge is 0.124 e. The minimum Gasteiger partial charge on any atom is -0.492 e. The Bertz CT molecular complexity index is 828. The van der Waals surface area contributed by atoms with Crippen LogP contribution in [0.15, 0.2) is 48.5 Å². The molecule has 1 fully saturated rings. The number of hydrogen-bond acceptors (Lipinski definition) is 4. The third-order valence-electron chi connectivity index (χ3n) is 4.86. The molecule has 3 nitrogen and oxygen atoms in total. The van der Waals surface area contributed by atoms with Crippen LogP contribution in [0.1, 0.15) is 24.5 Å². The van der Waals surface area contributed by atoms with Gasteiger partial charge in [-0.2, -0.15) is 4.37 Å². The third-order valence-corrected chi connectivity index (χ3v) is 5.68. The predicted octanol–water partition coefficient (Wildman–Crippen LogP) is 4.69. The van der Waals surface area contributed by atoms with Gasteiger partial charge in [-0.25, -0.2) is 4.39 Å². The molecule has 0 atom stereocenters. The average Bonchev–Trinajstić information content (AvgIpc) is 3.06. The molecule has 0 spiro atoms. The molecule has 0 N–H and O–H groups in total. The highest BCUT2D eigenvalue weighted by Gasteiger charge is 2.24. The van der Waals surface area contributed by atoms with Crippen LogP contribution in [0.4, 0.5) is 4.39 Å². The molecule has 4 rings (SSSR count). The molecule has 0 radical (unpaired) electrons. The fourth-order valence-electron chi connectivity index (χ4n) is 3.46. The molecule has 25 heavy (non-hydrogen) atoms. The summed E-state index contributed by atoms with van der Waals surface area (Å²) in [6.07, 6.45) is 2.20. The second kappa shape index (κ2) is 7.50. The van der Waals surface area contributed by atoms with Gasteiger partial charge in [0.25, 0.3) is 0 Å². The molecular formula is C20H21FN2OS. The first-order chi connectivity index (χ1) is 12.3. The first-order valence-corrected chi connectivity index (χ1v) is 9.52. The van der Waals surface area contributed by atoms with Crippen LogP contribution in [-0.4, -0.2) is 35.5 Å². The summed E-state index contributed by atoms with van der Waals surface area (Å²) in [4.78, 5) is 2.45. The fourth-order valence-corrected chi connectivity index (χ4v) is 4.34. The van der Waals surface area contributed by atoms with E-state index in [4.69, 9.17) is 4.74 Å². The van der Waals surface area contributed by atoms with Crippen LogP contribution in [0.25, 0.3) is 10.1 Å². The van der Waals surface area contributed by atoms with Crippen LogP contribution in [0, 0.1) is 5.82 Å². The fraction of sp³-hybridized carbons (Fsp3) is 0.350. The SMILES string of the molecule is Fc1ccc2c(C3CCN(CCOc4ccccc4)CC3)nsc2c1. The molecule has 1 saturated heterocycles. The number of rotatable bonds is 5. The van der Waals surface area contributed by atoms with E-state index in [1.54, 1.807) is 6.07 Å². The quantitative estimate of drug-likeness (QED) is 0.663. The maximum absolute atomic E-state index is 13.3. The molecule has 1 aromatic heterocycles. The highest BCUT2D eigenvalue weighted by molar-refractivity contribution is 7.13. The Balaban J connectivity index is 1.30. The van der Waals surface area contributed by atoms with Crippen LogP contribution >= 0.6 is 11.5 Å². The number of piperidine rings is 1. The van der Waals surface area contributed by atoms with Crippen molar-refractivity contribution < 1.29 is 9.13 Å². The van der Waals surface area contributed by atoms with Gasteiger partial charge in [0.1, 0.15) is 18.2 Å². The van der Waals surface area contributed by atoms with Gasteiger partial charge in [-0.05, 0) is 67.8 Å². The van der Waals surface area contributed by atoms with Gasteiger partial charge in [0, 0.05) is 17.8 Å². The van der Waals surface area contributed by atoms with E-state index in [9.17, 15) is 4.39 Å². The topological polar surface area (TPSA) is 25.4 Å². The van der Waals surface area contributed by atoms with Crippen molar-refractivity contribution in [3.63, 3.8) is 0 Å². The third kappa shape index (κ3) is 3.83. The Morgan fingerprint density at radius 2 is 1.92 bits per heavy atom. The minimum absolute atomic E-state index is 0.184. The average molecular weight is 356 g/mol. The van der Waals surface area contributed by atoms with Crippen molar-refractivity contribution in [3.05, 3.63) is 60.0 Å². The van der Waals surface area contributed by atoms with Crippen molar-refractivity contribution in [2.75, 3.05) is 26.2 Å². The summed E-state index contributed by atoms with van der Waals surface area (Å²) in [7, 11) is 0. The maximum atomic E-state index is 13.3. The van der Waals surface area contributed by atoms with E-state index in [-0.39, 0.29) is 5.82 Å². The summed E-state index contributed by atoms with van der Waals surface area (Å²) >= 11 is 1.41. The van der Waals surface area contributed by atoms with Gasteiger partial charge >= 0.3 is 0 Å². The molecule has 2 aromatic carbocycles. The lowest BCUT2D eigenvalue weighted by Crippen LogP contribution is -2.36. The second-order valence-electron chi connectivity index (χ2n) is 6.49. The number of ether oxygens (including phenoxy) is 1. The van der Waals surface area contributed by atoms with Crippen molar-refractivity contribution in [1.82, 2.24) is 9.27 Å². The number of para-hydroxylation sites is 1. The number of benzene rings is 2. The molecule has 0 unspecified atom stereocenters. The van der Waals surface area contributed by atoms with Crippen molar-refractivity contribution >= 4 is 21.6 Å². The molecule has 1 aliphatic heterocycles. The van der Waals surface area contributed by atoms with E-state index < -0.39 is 0 Å². The molecule has 130 valence electrons. The van der Waals surface area contributed by atoms with E-state index in [2.05, 4.69) is 9.27 Å². The first-order valence-electron chi connectivity index (χ1n) is 8.74. The molecule has 0 aliphatic carbocycles. The summed E-state index contributed by atoms with van der Waals surface area (Å²) in [5, 5.41) is 1.12. The van der Waals surface area contributed by atoms with Gasteiger partial charge in [-0.1, -0.05) is 18.2 Å². The number of halogens is 1. The van der Waals surface area contributed by atoms with Crippen LogP contribution in [0.2, 0.25) is 0 Å².